The second kappa shape index (κ2) is 5.21. The van der Waals surface area contributed by atoms with Crippen LogP contribution in [0.3, 0.4) is 0 Å². The molecule has 0 aromatic heterocycles. The summed E-state index contributed by atoms with van der Waals surface area (Å²) in [7, 11) is 3.54. The van der Waals surface area contributed by atoms with Crippen molar-refractivity contribution in [3.63, 3.8) is 0 Å². The van der Waals surface area contributed by atoms with Gasteiger partial charge in [-0.1, -0.05) is 12.8 Å². The molecule has 0 spiro atoms. The van der Waals surface area contributed by atoms with Gasteiger partial charge < -0.3 is 10.2 Å². The first-order chi connectivity index (χ1) is 8.16. The Kier molecular flexibility index (Phi) is 3.67. The Hall–Kier alpha value is -1.51. The van der Waals surface area contributed by atoms with Gasteiger partial charge in [0.05, 0.1) is 0 Å². The Balaban J connectivity index is 1.99. The number of nitrogens with one attached hydrogen (secondary N) is 1. The zero-order chi connectivity index (χ0) is 12.3. The van der Waals surface area contributed by atoms with Crippen LogP contribution in [0.1, 0.15) is 36.0 Å². The highest BCUT2D eigenvalue weighted by molar-refractivity contribution is 5.94. The van der Waals surface area contributed by atoms with Crippen molar-refractivity contribution in [3.8, 4) is 0 Å². The van der Waals surface area contributed by atoms with E-state index in [-0.39, 0.29) is 5.91 Å². The molecule has 92 valence electrons. The van der Waals surface area contributed by atoms with Crippen molar-refractivity contribution in [2.45, 2.75) is 31.7 Å². The molecule has 0 saturated heterocycles. The minimum Gasteiger partial charge on any atom is -0.382 e. The Morgan fingerprint density at radius 1 is 1.18 bits per heavy atom. The fourth-order valence-electron chi connectivity index (χ4n) is 2.27. The molecule has 3 heteroatoms. The molecule has 1 aromatic rings. The van der Waals surface area contributed by atoms with Crippen LogP contribution in [0.4, 0.5) is 5.69 Å². The normalized spacial score (nSPS) is 15.9. The van der Waals surface area contributed by atoms with Gasteiger partial charge in [-0.25, -0.2) is 0 Å². The van der Waals surface area contributed by atoms with E-state index in [0.29, 0.717) is 6.04 Å². The van der Waals surface area contributed by atoms with E-state index >= 15 is 0 Å². The molecule has 1 fully saturated rings. The predicted molar refractivity (Wildman–Crippen MR) is 70.3 cm³/mol. The van der Waals surface area contributed by atoms with Crippen LogP contribution in [0.15, 0.2) is 24.3 Å². The van der Waals surface area contributed by atoms with Gasteiger partial charge in [0.2, 0.25) is 0 Å². The van der Waals surface area contributed by atoms with Crippen molar-refractivity contribution in [3.05, 3.63) is 29.8 Å². The Bertz CT molecular complexity index is 378. The Labute approximate surface area is 103 Å². The van der Waals surface area contributed by atoms with Gasteiger partial charge in [0.25, 0.3) is 5.91 Å². The largest absolute Gasteiger partial charge is 0.382 e. The molecule has 1 aromatic carbocycles. The summed E-state index contributed by atoms with van der Waals surface area (Å²) in [6, 6.07) is 8.38. The van der Waals surface area contributed by atoms with Crippen LogP contribution >= 0.6 is 0 Å². The molecule has 2 rings (SSSR count). The van der Waals surface area contributed by atoms with E-state index in [0.717, 1.165) is 11.3 Å². The second-order valence-electron chi connectivity index (χ2n) is 4.90. The van der Waals surface area contributed by atoms with E-state index in [1.165, 1.54) is 25.7 Å². The van der Waals surface area contributed by atoms with Crippen LogP contribution in [0, 0.1) is 0 Å². The van der Waals surface area contributed by atoms with Crippen LogP contribution in [0.2, 0.25) is 0 Å². The van der Waals surface area contributed by atoms with Gasteiger partial charge in [0, 0.05) is 31.4 Å². The summed E-state index contributed by atoms with van der Waals surface area (Å²) in [6.07, 6.45) is 5.18. The highest BCUT2D eigenvalue weighted by Crippen LogP contribution is 2.22. The number of carbonyl (C=O) groups is 1. The maximum Gasteiger partial charge on any atom is 0.253 e. The highest BCUT2D eigenvalue weighted by atomic mass is 16.2. The molecule has 1 aliphatic carbocycles. The highest BCUT2D eigenvalue weighted by Gasteiger charge is 2.14. The zero-order valence-corrected chi connectivity index (χ0v) is 10.6. The van der Waals surface area contributed by atoms with Crippen molar-refractivity contribution in [1.82, 2.24) is 4.90 Å². The molecule has 0 unspecified atom stereocenters. The van der Waals surface area contributed by atoms with Crippen LogP contribution in [-0.2, 0) is 0 Å². The maximum absolute atomic E-state index is 11.7. The summed E-state index contributed by atoms with van der Waals surface area (Å²) in [5, 5.41) is 3.51. The number of anilines is 1. The van der Waals surface area contributed by atoms with Crippen LogP contribution in [-0.4, -0.2) is 30.9 Å². The molecule has 1 saturated carbocycles. The lowest BCUT2D eigenvalue weighted by atomic mass is 10.1. The lowest BCUT2D eigenvalue weighted by Crippen LogP contribution is -2.21. The third kappa shape index (κ3) is 2.99. The van der Waals surface area contributed by atoms with Crippen molar-refractivity contribution in [1.29, 1.82) is 0 Å². The van der Waals surface area contributed by atoms with E-state index in [1.54, 1.807) is 19.0 Å². The molecule has 1 N–H and O–H groups in total. The molecule has 0 heterocycles. The average Bonchev–Trinajstić information content (AvgIpc) is 2.82. The second-order valence-corrected chi connectivity index (χ2v) is 4.90. The fraction of sp³-hybridized carbons (Fsp3) is 0.500. The number of hydrogen-bond acceptors (Lipinski definition) is 2. The number of hydrogen-bond donors (Lipinski definition) is 1. The van der Waals surface area contributed by atoms with Crippen molar-refractivity contribution in [2.24, 2.45) is 0 Å². The SMILES string of the molecule is CN(C)C(=O)c1ccc(NC2CCCC2)cc1. The van der Waals surface area contributed by atoms with Gasteiger partial charge in [0.1, 0.15) is 0 Å². The summed E-state index contributed by atoms with van der Waals surface area (Å²) in [5.74, 6) is 0.0532. The van der Waals surface area contributed by atoms with Gasteiger partial charge in [-0.15, -0.1) is 0 Å². The molecule has 0 radical (unpaired) electrons. The third-order valence-corrected chi connectivity index (χ3v) is 3.26. The molecule has 17 heavy (non-hydrogen) atoms. The molecular formula is C14H20N2O. The summed E-state index contributed by atoms with van der Waals surface area (Å²) < 4.78 is 0. The quantitative estimate of drug-likeness (QED) is 0.869. The first kappa shape index (κ1) is 12.0. The first-order valence-corrected chi connectivity index (χ1v) is 6.25. The smallest absolute Gasteiger partial charge is 0.253 e. The van der Waals surface area contributed by atoms with Crippen LogP contribution < -0.4 is 5.32 Å². The topological polar surface area (TPSA) is 32.3 Å². The standard InChI is InChI=1S/C14H20N2O/c1-16(2)14(17)11-7-9-13(10-8-11)15-12-5-3-4-6-12/h7-10,12,15H,3-6H2,1-2H3. The summed E-state index contributed by atoms with van der Waals surface area (Å²) in [5.41, 5.74) is 1.86. The van der Waals surface area contributed by atoms with Gasteiger partial charge in [0.15, 0.2) is 0 Å². The lowest BCUT2D eigenvalue weighted by Gasteiger charge is -2.14. The van der Waals surface area contributed by atoms with Crippen LogP contribution in [0.25, 0.3) is 0 Å². The number of rotatable bonds is 3. The fourth-order valence-corrected chi connectivity index (χ4v) is 2.27. The molecular weight excluding hydrogens is 212 g/mol. The van der Waals surface area contributed by atoms with E-state index < -0.39 is 0 Å². The van der Waals surface area contributed by atoms with Gasteiger partial charge in [-0.05, 0) is 37.1 Å². The summed E-state index contributed by atoms with van der Waals surface area (Å²) in [4.78, 5) is 13.3. The zero-order valence-electron chi connectivity index (χ0n) is 10.6. The van der Waals surface area contributed by atoms with Crippen molar-refractivity contribution >= 4 is 11.6 Å². The van der Waals surface area contributed by atoms with E-state index in [9.17, 15) is 4.79 Å². The molecule has 0 aliphatic heterocycles. The lowest BCUT2D eigenvalue weighted by molar-refractivity contribution is 0.0827. The monoisotopic (exact) mass is 232 g/mol. The van der Waals surface area contributed by atoms with Gasteiger partial charge in [-0.2, -0.15) is 0 Å². The molecule has 0 atom stereocenters. The molecule has 3 nitrogen and oxygen atoms in total. The third-order valence-electron chi connectivity index (χ3n) is 3.26. The molecule has 1 aliphatic rings. The first-order valence-electron chi connectivity index (χ1n) is 6.25. The Morgan fingerprint density at radius 2 is 1.76 bits per heavy atom. The average molecular weight is 232 g/mol. The summed E-state index contributed by atoms with van der Waals surface area (Å²) in [6.45, 7) is 0. The van der Waals surface area contributed by atoms with Crippen molar-refractivity contribution in [2.75, 3.05) is 19.4 Å². The Morgan fingerprint density at radius 3 is 2.29 bits per heavy atom. The van der Waals surface area contributed by atoms with E-state index in [1.807, 2.05) is 24.3 Å². The van der Waals surface area contributed by atoms with E-state index in [4.69, 9.17) is 0 Å². The molecule has 1 amide bonds. The minimum absolute atomic E-state index is 0.0532. The number of amides is 1. The number of benzene rings is 1. The minimum atomic E-state index is 0.0532. The van der Waals surface area contributed by atoms with Gasteiger partial charge >= 0.3 is 0 Å². The number of nitrogens with zero attached hydrogens (tertiary/aromatic N) is 1. The number of carbonyl (C=O) groups excluding carboxylic acids is 1. The summed E-state index contributed by atoms with van der Waals surface area (Å²) >= 11 is 0. The van der Waals surface area contributed by atoms with Gasteiger partial charge in [-0.3, -0.25) is 4.79 Å². The predicted octanol–water partition coefficient (Wildman–Crippen LogP) is 2.74. The van der Waals surface area contributed by atoms with E-state index in [2.05, 4.69) is 5.32 Å². The molecule has 0 bridgehead atoms. The maximum atomic E-state index is 11.7. The van der Waals surface area contributed by atoms with Crippen molar-refractivity contribution < 1.29 is 4.79 Å². The van der Waals surface area contributed by atoms with Crippen LogP contribution in [0.5, 0.6) is 0 Å².